The molecule has 2 N–H and O–H groups in total. The van der Waals surface area contributed by atoms with Gasteiger partial charge in [0.1, 0.15) is 24.0 Å². The Hall–Kier alpha value is -4.53. The normalized spacial score (nSPS) is 10.9. The maximum absolute atomic E-state index is 14.2. The van der Waals surface area contributed by atoms with Gasteiger partial charge in [0.2, 0.25) is 5.91 Å². The predicted molar refractivity (Wildman–Crippen MR) is 149 cm³/mol. The standard InChI is InChI=1S/C30H31F2N5O2/c1-19(2)17-36(30(39)33-25-15-14-23(31)16-24(25)32)18-27(38)34-29-28(22-11-6-5-7-12-22)21(4)35-37(29)26-13-9-8-10-20(26)3/h5-16,19H,17-18H2,1-4H3,(H,33,39)(H,34,38). The van der Waals surface area contributed by atoms with E-state index in [1.165, 1.54) is 4.90 Å². The van der Waals surface area contributed by atoms with Crippen LogP contribution in [0.2, 0.25) is 0 Å². The van der Waals surface area contributed by atoms with E-state index in [2.05, 4.69) is 10.6 Å². The zero-order valence-electron chi connectivity index (χ0n) is 22.3. The summed E-state index contributed by atoms with van der Waals surface area (Å²) in [5.74, 6) is -1.59. The van der Waals surface area contributed by atoms with Gasteiger partial charge in [-0.1, -0.05) is 62.4 Å². The van der Waals surface area contributed by atoms with E-state index in [0.717, 1.165) is 40.2 Å². The molecule has 4 aromatic rings. The summed E-state index contributed by atoms with van der Waals surface area (Å²) >= 11 is 0. The lowest BCUT2D eigenvalue weighted by atomic mass is 10.1. The molecule has 0 saturated carbocycles. The minimum Gasteiger partial charge on any atom is -0.315 e. The number of urea groups is 1. The molecule has 9 heteroatoms. The highest BCUT2D eigenvalue weighted by atomic mass is 19.1. The fourth-order valence-electron chi connectivity index (χ4n) is 4.36. The average Bonchev–Trinajstić information content (AvgIpc) is 3.20. The summed E-state index contributed by atoms with van der Waals surface area (Å²) < 4.78 is 29.2. The molecule has 0 unspecified atom stereocenters. The van der Waals surface area contributed by atoms with Gasteiger partial charge in [-0.15, -0.1) is 0 Å². The molecule has 7 nitrogen and oxygen atoms in total. The number of amides is 3. The van der Waals surface area contributed by atoms with E-state index in [1.807, 2.05) is 82.3 Å². The van der Waals surface area contributed by atoms with E-state index in [4.69, 9.17) is 5.10 Å². The van der Waals surface area contributed by atoms with Gasteiger partial charge in [-0.05, 0) is 49.1 Å². The van der Waals surface area contributed by atoms with Crippen LogP contribution in [0, 0.1) is 31.4 Å². The summed E-state index contributed by atoms with van der Waals surface area (Å²) in [5.41, 5.74) is 3.98. The van der Waals surface area contributed by atoms with Crippen molar-refractivity contribution in [3.8, 4) is 16.8 Å². The Morgan fingerprint density at radius 3 is 2.31 bits per heavy atom. The van der Waals surface area contributed by atoms with E-state index < -0.39 is 23.6 Å². The van der Waals surface area contributed by atoms with Crippen molar-refractivity contribution >= 4 is 23.4 Å². The molecule has 0 atom stereocenters. The van der Waals surface area contributed by atoms with Crippen molar-refractivity contribution in [3.05, 3.63) is 95.7 Å². The molecule has 3 aromatic carbocycles. The van der Waals surface area contributed by atoms with Crippen LogP contribution < -0.4 is 10.6 Å². The highest BCUT2D eigenvalue weighted by molar-refractivity contribution is 5.99. The Balaban J connectivity index is 1.65. The quantitative estimate of drug-likeness (QED) is 0.270. The van der Waals surface area contributed by atoms with Crippen molar-refractivity contribution in [2.24, 2.45) is 5.92 Å². The summed E-state index contributed by atoms with van der Waals surface area (Å²) in [4.78, 5) is 27.8. The van der Waals surface area contributed by atoms with Gasteiger partial charge in [0.25, 0.3) is 0 Å². The summed E-state index contributed by atoms with van der Waals surface area (Å²) in [7, 11) is 0. The fourth-order valence-corrected chi connectivity index (χ4v) is 4.36. The third-order valence-corrected chi connectivity index (χ3v) is 6.10. The van der Waals surface area contributed by atoms with Crippen LogP contribution in [0.15, 0.2) is 72.8 Å². The van der Waals surface area contributed by atoms with Gasteiger partial charge in [-0.3, -0.25) is 4.79 Å². The monoisotopic (exact) mass is 531 g/mol. The number of benzene rings is 3. The van der Waals surface area contributed by atoms with Gasteiger partial charge in [0, 0.05) is 18.2 Å². The van der Waals surface area contributed by atoms with Crippen LogP contribution in [0.5, 0.6) is 0 Å². The number of carbonyl (C=O) groups is 2. The van der Waals surface area contributed by atoms with Gasteiger partial charge in [-0.2, -0.15) is 5.10 Å². The third-order valence-electron chi connectivity index (χ3n) is 6.10. The van der Waals surface area contributed by atoms with E-state index in [1.54, 1.807) is 4.68 Å². The number of halogens is 2. The fraction of sp³-hybridized carbons (Fsp3) is 0.233. The molecule has 0 aliphatic carbocycles. The number of rotatable bonds is 8. The van der Waals surface area contributed by atoms with Crippen LogP contribution in [0.1, 0.15) is 25.1 Å². The summed E-state index contributed by atoms with van der Waals surface area (Å²) in [6.45, 7) is 7.59. The van der Waals surface area contributed by atoms with Crippen molar-refractivity contribution in [1.82, 2.24) is 14.7 Å². The first-order valence-corrected chi connectivity index (χ1v) is 12.7. The van der Waals surface area contributed by atoms with Crippen LogP contribution in [0.25, 0.3) is 16.8 Å². The molecule has 1 aromatic heterocycles. The number of aromatic nitrogens is 2. The van der Waals surface area contributed by atoms with Crippen LogP contribution in [-0.2, 0) is 4.79 Å². The first-order valence-electron chi connectivity index (χ1n) is 12.7. The topological polar surface area (TPSA) is 79.3 Å². The number of hydrogen-bond acceptors (Lipinski definition) is 3. The molecule has 3 amide bonds. The third kappa shape index (κ3) is 6.49. The van der Waals surface area contributed by atoms with E-state index in [9.17, 15) is 18.4 Å². The number of carbonyl (C=O) groups excluding carboxylic acids is 2. The van der Waals surface area contributed by atoms with Gasteiger partial charge in [0.05, 0.1) is 17.1 Å². The SMILES string of the molecule is Cc1ccccc1-n1nc(C)c(-c2ccccc2)c1NC(=O)CN(CC(C)C)C(=O)Nc1ccc(F)cc1F. The minimum atomic E-state index is -0.901. The summed E-state index contributed by atoms with van der Waals surface area (Å²) in [5, 5.41) is 10.2. The van der Waals surface area contributed by atoms with Crippen LogP contribution >= 0.6 is 0 Å². The Morgan fingerprint density at radius 1 is 0.949 bits per heavy atom. The molecule has 202 valence electrons. The number of nitrogens with one attached hydrogen (secondary N) is 2. The maximum atomic E-state index is 14.2. The highest BCUT2D eigenvalue weighted by Crippen LogP contribution is 2.34. The molecule has 0 bridgehead atoms. The Kier molecular flexibility index (Phi) is 8.39. The molecule has 0 spiro atoms. The molecular formula is C30H31F2N5O2. The molecule has 0 aliphatic rings. The molecule has 0 saturated heterocycles. The molecule has 4 rings (SSSR count). The second kappa shape index (κ2) is 11.9. The first kappa shape index (κ1) is 27.5. The van der Waals surface area contributed by atoms with E-state index in [0.29, 0.717) is 11.9 Å². The predicted octanol–water partition coefficient (Wildman–Crippen LogP) is 6.56. The smallest absolute Gasteiger partial charge is 0.315 e. The number of hydrogen-bond donors (Lipinski definition) is 2. The van der Waals surface area contributed by atoms with Crippen molar-refractivity contribution in [2.45, 2.75) is 27.7 Å². The number of aryl methyl sites for hydroxylation is 2. The summed E-state index contributed by atoms with van der Waals surface area (Å²) in [6.07, 6.45) is 0. The second-order valence-electron chi connectivity index (χ2n) is 9.75. The lowest BCUT2D eigenvalue weighted by Gasteiger charge is -2.25. The molecule has 0 fully saturated rings. The largest absolute Gasteiger partial charge is 0.322 e. The lowest BCUT2D eigenvalue weighted by molar-refractivity contribution is -0.116. The van der Waals surface area contributed by atoms with Crippen molar-refractivity contribution in [3.63, 3.8) is 0 Å². The van der Waals surface area contributed by atoms with Crippen LogP contribution in [-0.4, -0.2) is 39.7 Å². The van der Waals surface area contributed by atoms with E-state index in [-0.39, 0.29) is 24.7 Å². The number of nitrogens with zero attached hydrogens (tertiary/aromatic N) is 3. The zero-order chi connectivity index (χ0) is 28.1. The molecule has 39 heavy (non-hydrogen) atoms. The van der Waals surface area contributed by atoms with Crippen molar-refractivity contribution in [1.29, 1.82) is 0 Å². The first-order chi connectivity index (χ1) is 18.6. The average molecular weight is 532 g/mol. The molecule has 0 aliphatic heterocycles. The minimum absolute atomic E-state index is 0.0289. The lowest BCUT2D eigenvalue weighted by Crippen LogP contribution is -2.42. The van der Waals surface area contributed by atoms with Crippen LogP contribution in [0.4, 0.5) is 25.1 Å². The Labute approximate surface area is 226 Å². The van der Waals surface area contributed by atoms with Gasteiger partial charge in [-0.25, -0.2) is 18.3 Å². The number of anilines is 2. The molecule has 1 heterocycles. The Bertz CT molecular complexity index is 1480. The zero-order valence-corrected chi connectivity index (χ0v) is 22.3. The van der Waals surface area contributed by atoms with E-state index >= 15 is 0 Å². The Morgan fingerprint density at radius 2 is 1.64 bits per heavy atom. The molecule has 0 radical (unpaired) electrons. The molecular weight excluding hydrogens is 500 g/mol. The second-order valence-corrected chi connectivity index (χ2v) is 9.75. The number of para-hydroxylation sites is 1. The van der Waals surface area contributed by atoms with Crippen molar-refractivity contribution in [2.75, 3.05) is 23.7 Å². The van der Waals surface area contributed by atoms with Gasteiger partial charge < -0.3 is 15.5 Å². The highest BCUT2D eigenvalue weighted by Gasteiger charge is 2.24. The maximum Gasteiger partial charge on any atom is 0.322 e. The van der Waals surface area contributed by atoms with Crippen LogP contribution in [0.3, 0.4) is 0 Å². The van der Waals surface area contributed by atoms with Gasteiger partial charge in [0.15, 0.2) is 0 Å². The van der Waals surface area contributed by atoms with Crippen molar-refractivity contribution < 1.29 is 18.4 Å². The summed E-state index contributed by atoms with van der Waals surface area (Å²) in [6, 6.07) is 19.5. The van der Waals surface area contributed by atoms with Gasteiger partial charge >= 0.3 is 6.03 Å².